The molecule has 256 valence electrons. The van der Waals surface area contributed by atoms with Crippen LogP contribution in [0.3, 0.4) is 0 Å². The van der Waals surface area contributed by atoms with Gasteiger partial charge in [-0.2, -0.15) is 26.3 Å². The zero-order chi connectivity index (χ0) is 35.4. The molecule has 2 aromatic heterocycles. The van der Waals surface area contributed by atoms with Crippen molar-refractivity contribution in [2.45, 2.75) is 89.3 Å². The van der Waals surface area contributed by atoms with Crippen molar-refractivity contribution in [2.75, 3.05) is 5.32 Å². The summed E-state index contributed by atoms with van der Waals surface area (Å²) in [6, 6.07) is 8.02. The smallest absolute Gasteiger partial charge is 0.415 e. The number of anilines is 1. The molecule has 10 nitrogen and oxygen atoms in total. The zero-order valence-corrected chi connectivity index (χ0v) is 26.3. The Morgan fingerprint density at radius 1 is 1.04 bits per heavy atom. The minimum absolute atomic E-state index is 0.205. The van der Waals surface area contributed by atoms with Gasteiger partial charge in [-0.05, 0) is 53.0 Å². The van der Waals surface area contributed by atoms with Crippen molar-refractivity contribution < 1.29 is 45.2 Å². The largest absolute Gasteiger partial charge is 0.429 e. The number of nitrogens with one attached hydrogen (secondary N) is 1. The number of nitro groups is 1. The highest BCUT2D eigenvalue weighted by molar-refractivity contribution is 5.68. The maximum atomic E-state index is 15.3. The van der Waals surface area contributed by atoms with E-state index in [1.807, 2.05) is 0 Å². The van der Waals surface area contributed by atoms with Gasteiger partial charge in [-0.1, -0.05) is 42.5 Å². The van der Waals surface area contributed by atoms with Crippen LogP contribution >= 0.6 is 0 Å². The van der Waals surface area contributed by atoms with E-state index in [1.165, 1.54) is 32.9 Å². The van der Waals surface area contributed by atoms with Gasteiger partial charge >= 0.3 is 18.0 Å². The SMILES string of the molecule is C=CCCC(C)(C)Nc1nc(-c2nnc(C(OCc3ccccc3)(C(C=C)OC(C)(C)C)C(F)(F)F)o2)c([N+](=O)[O-])cc1C(F)(F)F. The Hall–Kier alpha value is -4.31. The molecule has 0 aliphatic rings. The molecule has 0 aliphatic carbocycles. The van der Waals surface area contributed by atoms with E-state index in [0.717, 1.165) is 6.08 Å². The van der Waals surface area contributed by atoms with Gasteiger partial charge in [0.15, 0.2) is 0 Å². The highest BCUT2D eigenvalue weighted by Gasteiger charge is 2.66. The highest BCUT2D eigenvalue weighted by atomic mass is 19.4. The van der Waals surface area contributed by atoms with Crippen molar-refractivity contribution in [3.05, 3.63) is 88.8 Å². The van der Waals surface area contributed by atoms with Gasteiger partial charge < -0.3 is 19.2 Å². The van der Waals surface area contributed by atoms with E-state index in [1.54, 1.807) is 38.1 Å². The van der Waals surface area contributed by atoms with Crippen molar-refractivity contribution in [1.82, 2.24) is 15.2 Å². The van der Waals surface area contributed by atoms with Crippen LogP contribution in [-0.2, 0) is 27.9 Å². The average molecular weight is 672 g/mol. The van der Waals surface area contributed by atoms with Gasteiger partial charge in [-0.25, -0.2) is 4.98 Å². The first-order valence-corrected chi connectivity index (χ1v) is 14.2. The van der Waals surface area contributed by atoms with Crippen LogP contribution in [0.15, 0.2) is 66.1 Å². The van der Waals surface area contributed by atoms with Crippen LogP contribution in [0.1, 0.15) is 64.5 Å². The van der Waals surface area contributed by atoms with Gasteiger partial charge in [-0.15, -0.1) is 23.4 Å². The Bertz CT molecular complexity index is 1570. The van der Waals surface area contributed by atoms with Crippen molar-refractivity contribution in [2.24, 2.45) is 0 Å². The van der Waals surface area contributed by atoms with Crippen LogP contribution in [0.2, 0.25) is 0 Å². The standard InChI is InChI=1S/C31H35F6N5O5/c1-8-10-16-28(6,7)39-24-20(30(32,33)34)17-21(42(43)44)23(38-24)25-40-41-26(46-25)29(31(35,36)37,22(9-2)47-27(3,4)5)45-18-19-14-12-11-13-15-19/h8-9,11-15,17,22H,1-2,10,16,18H2,3-7H3,(H,38,39). The molecule has 1 aromatic carbocycles. The molecule has 0 saturated heterocycles. The third kappa shape index (κ3) is 8.74. The van der Waals surface area contributed by atoms with Gasteiger partial charge in [0.25, 0.3) is 17.4 Å². The molecule has 0 aliphatic heterocycles. The van der Waals surface area contributed by atoms with E-state index < -0.39 is 81.3 Å². The zero-order valence-electron chi connectivity index (χ0n) is 26.3. The summed E-state index contributed by atoms with van der Waals surface area (Å²) in [5.74, 6) is -3.06. The predicted octanol–water partition coefficient (Wildman–Crippen LogP) is 8.56. The van der Waals surface area contributed by atoms with E-state index >= 15 is 13.2 Å². The van der Waals surface area contributed by atoms with Crippen LogP contribution in [0, 0.1) is 10.1 Å². The summed E-state index contributed by atoms with van der Waals surface area (Å²) in [5, 5.41) is 21.7. The molecule has 2 heterocycles. The summed E-state index contributed by atoms with van der Waals surface area (Å²) >= 11 is 0. The maximum absolute atomic E-state index is 15.3. The number of benzene rings is 1. The number of ether oxygens (including phenoxy) is 2. The van der Waals surface area contributed by atoms with E-state index in [4.69, 9.17) is 13.9 Å². The fourth-order valence-electron chi connectivity index (χ4n) is 4.50. The Labute approximate surface area is 267 Å². The third-order valence-corrected chi connectivity index (χ3v) is 6.71. The van der Waals surface area contributed by atoms with Gasteiger partial charge in [-0.3, -0.25) is 10.1 Å². The molecule has 47 heavy (non-hydrogen) atoms. The topological polar surface area (TPSA) is 125 Å². The lowest BCUT2D eigenvalue weighted by Crippen LogP contribution is -2.55. The molecule has 0 amide bonds. The summed E-state index contributed by atoms with van der Waals surface area (Å²) in [6.45, 7) is 14.0. The number of rotatable bonds is 14. The van der Waals surface area contributed by atoms with Crippen molar-refractivity contribution in [3.8, 4) is 11.6 Å². The number of halogens is 6. The molecular weight excluding hydrogens is 636 g/mol. The van der Waals surface area contributed by atoms with Crippen molar-refractivity contribution in [3.63, 3.8) is 0 Å². The van der Waals surface area contributed by atoms with Crippen LogP contribution < -0.4 is 5.32 Å². The van der Waals surface area contributed by atoms with Crippen molar-refractivity contribution >= 4 is 11.5 Å². The van der Waals surface area contributed by atoms with Crippen LogP contribution in [0.25, 0.3) is 11.6 Å². The van der Waals surface area contributed by atoms with Gasteiger partial charge in [0.1, 0.15) is 17.5 Å². The van der Waals surface area contributed by atoms with E-state index in [-0.39, 0.29) is 12.5 Å². The first-order valence-electron chi connectivity index (χ1n) is 14.2. The number of allylic oxidation sites excluding steroid dienone is 1. The lowest BCUT2D eigenvalue weighted by Gasteiger charge is -2.40. The number of nitrogens with zero attached hydrogens (tertiary/aromatic N) is 4. The van der Waals surface area contributed by atoms with E-state index in [2.05, 4.69) is 33.7 Å². The molecule has 3 aromatic rings. The highest BCUT2D eigenvalue weighted by Crippen LogP contribution is 2.49. The summed E-state index contributed by atoms with van der Waals surface area (Å²) in [5.41, 5.74) is -9.06. The Morgan fingerprint density at radius 3 is 2.19 bits per heavy atom. The number of pyridine rings is 1. The summed E-state index contributed by atoms with van der Waals surface area (Å²) < 4.78 is 105. The Balaban J connectivity index is 2.30. The molecule has 2 unspecified atom stereocenters. The lowest BCUT2D eigenvalue weighted by molar-refractivity contribution is -0.384. The molecule has 0 spiro atoms. The molecular formula is C31H35F6N5O5. The summed E-state index contributed by atoms with van der Waals surface area (Å²) in [7, 11) is 0. The number of hydrogen-bond donors (Lipinski definition) is 1. The molecule has 3 rings (SSSR count). The second-order valence-corrected chi connectivity index (χ2v) is 12.1. The van der Waals surface area contributed by atoms with Crippen molar-refractivity contribution in [1.29, 1.82) is 0 Å². The first kappa shape index (κ1) is 37.2. The van der Waals surface area contributed by atoms with E-state index in [0.29, 0.717) is 12.0 Å². The summed E-state index contributed by atoms with van der Waals surface area (Å²) in [4.78, 5) is 14.6. The fraction of sp³-hybridized carbons (Fsp3) is 0.452. The lowest BCUT2D eigenvalue weighted by atomic mass is 9.93. The molecule has 0 radical (unpaired) electrons. The minimum atomic E-state index is -5.34. The van der Waals surface area contributed by atoms with Crippen LogP contribution in [0.5, 0.6) is 0 Å². The number of aromatic nitrogens is 3. The van der Waals surface area contributed by atoms with Gasteiger partial charge in [0.05, 0.1) is 17.1 Å². The normalized spacial score (nSPS) is 14.7. The maximum Gasteiger partial charge on any atom is 0.429 e. The number of alkyl halides is 6. The molecule has 2 atom stereocenters. The second kappa shape index (κ2) is 13.8. The monoisotopic (exact) mass is 671 g/mol. The first-order chi connectivity index (χ1) is 21.6. The molecule has 0 bridgehead atoms. The van der Waals surface area contributed by atoms with Crippen LogP contribution in [-0.4, -0.2) is 43.5 Å². The molecule has 1 N–H and O–H groups in total. The Morgan fingerprint density at radius 2 is 1.68 bits per heavy atom. The average Bonchev–Trinajstić information content (AvgIpc) is 3.44. The number of hydrogen-bond acceptors (Lipinski definition) is 9. The van der Waals surface area contributed by atoms with Gasteiger partial charge in [0.2, 0.25) is 5.69 Å². The van der Waals surface area contributed by atoms with E-state index in [9.17, 15) is 23.3 Å². The quantitative estimate of drug-likeness (QED) is 0.0776. The second-order valence-electron chi connectivity index (χ2n) is 12.1. The summed E-state index contributed by atoms with van der Waals surface area (Å²) in [6.07, 6.45) is -9.39. The molecule has 16 heteroatoms. The Kier molecular flexibility index (Phi) is 10.9. The molecule has 0 fully saturated rings. The minimum Gasteiger partial charge on any atom is -0.415 e. The third-order valence-electron chi connectivity index (χ3n) is 6.71. The molecule has 0 saturated carbocycles. The van der Waals surface area contributed by atoms with Gasteiger partial charge in [0, 0.05) is 11.6 Å². The predicted molar refractivity (Wildman–Crippen MR) is 160 cm³/mol. The van der Waals surface area contributed by atoms with Crippen LogP contribution in [0.4, 0.5) is 37.8 Å². The fourth-order valence-corrected chi connectivity index (χ4v) is 4.50.